The van der Waals surface area contributed by atoms with Crippen molar-refractivity contribution >= 4 is 11.6 Å². The summed E-state index contributed by atoms with van der Waals surface area (Å²) in [6.07, 6.45) is 0.749. The normalized spacial score (nSPS) is 28.5. The Labute approximate surface area is 89.4 Å². The summed E-state index contributed by atoms with van der Waals surface area (Å²) in [4.78, 5) is 11.9. The molecule has 1 aliphatic rings. The Hall–Kier alpha value is -1.35. The van der Waals surface area contributed by atoms with E-state index in [1.807, 2.05) is 44.2 Å². The Bertz CT molecular complexity index is 359. The van der Waals surface area contributed by atoms with Crippen LogP contribution < -0.4 is 5.32 Å². The minimum absolute atomic E-state index is 0.0335. The van der Waals surface area contributed by atoms with Crippen molar-refractivity contribution in [1.29, 1.82) is 0 Å². The van der Waals surface area contributed by atoms with Crippen molar-refractivity contribution in [1.82, 2.24) is 0 Å². The molecule has 0 radical (unpaired) electrons. The van der Waals surface area contributed by atoms with Crippen LogP contribution in [0.1, 0.15) is 20.3 Å². The van der Waals surface area contributed by atoms with Gasteiger partial charge in [0.1, 0.15) is 0 Å². The quantitative estimate of drug-likeness (QED) is 0.768. The van der Waals surface area contributed by atoms with Crippen LogP contribution in [0.2, 0.25) is 0 Å². The maximum Gasteiger partial charge on any atom is 0.259 e. The third kappa shape index (κ3) is 1.75. The number of benzene rings is 1. The smallest absolute Gasteiger partial charge is 0.259 e. The van der Waals surface area contributed by atoms with Gasteiger partial charge in [0, 0.05) is 5.69 Å². The Morgan fingerprint density at radius 1 is 1.47 bits per heavy atom. The fraction of sp³-hybridized carbons (Fsp3) is 0.417. The second-order valence-corrected chi connectivity index (χ2v) is 3.82. The summed E-state index contributed by atoms with van der Waals surface area (Å²) >= 11 is 0. The van der Waals surface area contributed by atoms with Crippen LogP contribution in [-0.2, 0) is 9.53 Å². The lowest BCUT2D eigenvalue weighted by atomic mass is 10.0. The lowest BCUT2D eigenvalue weighted by Crippen LogP contribution is -2.32. The highest BCUT2D eigenvalue weighted by molar-refractivity contribution is 5.99. The van der Waals surface area contributed by atoms with Crippen LogP contribution in [0.4, 0.5) is 5.69 Å². The number of hydrogen-bond donors (Lipinski definition) is 1. The first-order valence-electron chi connectivity index (χ1n) is 5.23. The molecule has 80 valence electrons. The van der Waals surface area contributed by atoms with Crippen molar-refractivity contribution in [3.8, 4) is 0 Å². The van der Waals surface area contributed by atoms with Gasteiger partial charge < -0.3 is 10.1 Å². The van der Waals surface area contributed by atoms with Gasteiger partial charge in [-0.2, -0.15) is 0 Å². The predicted molar refractivity (Wildman–Crippen MR) is 58.6 cm³/mol. The van der Waals surface area contributed by atoms with Gasteiger partial charge in [0.15, 0.2) is 5.60 Å². The number of epoxide rings is 1. The van der Waals surface area contributed by atoms with Crippen LogP contribution in [-0.4, -0.2) is 17.6 Å². The number of hydrogen-bond acceptors (Lipinski definition) is 2. The molecule has 1 heterocycles. The summed E-state index contributed by atoms with van der Waals surface area (Å²) in [5, 5.41) is 2.86. The SMILES string of the molecule is CC[C@@]1(C(=O)Nc2ccccc2)O[C@H]1C. The zero-order valence-corrected chi connectivity index (χ0v) is 8.99. The third-order valence-corrected chi connectivity index (χ3v) is 2.93. The van der Waals surface area contributed by atoms with Crippen LogP contribution in [0, 0.1) is 0 Å². The largest absolute Gasteiger partial charge is 0.356 e. The van der Waals surface area contributed by atoms with E-state index in [4.69, 9.17) is 4.74 Å². The van der Waals surface area contributed by atoms with E-state index in [-0.39, 0.29) is 12.0 Å². The molecular weight excluding hydrogens is 190 g/mol. The van der Waals surface area contributed by atoms with E-state index in [1.54, 1.807) is 0 Å². The van der Waals surface area contributed by atoms with Crippen LogP contribution in [0.5, 0.6) is 0 Å². The molecule has 2 rings (SSSR count). The van der Waals surface area contributed by atoms with Crippen molar-refractivity contribution in [3.05, 3.63) is 30.3 Å². The Kier molecular flexibility index (Phi) is 2.49. The first kappa shape index (κ1) is 10.2. The second-order valence-electron chi connectivity index (χ2n) is 3.82. The van der Waals surface area contributed by atoms with E-state index in [0.29, 0.717) is 6.42 Å². The van der Waals surface area contributed by atoms with Crippen LogP contribution in [0.15, 0.2) is 30.3 Å². The average Bonchev–Trinajstić information content (AvgIpc) is 2.92. The summed E-state index contributed by atoms with van der Waals surface area (Å²) in [7, 11) is 0. The van der Waals surface area contributed by atoms with Crippen LogP contribution in [0.3, 0.4) is 0 Å². The number of anilines is 1. The van der Waals surface area contributed by atoms with Crippen molar-refractivity contribution < 1.29 is 9.53 Å². The van der Waals surface area contributed by atoms with E-state index >= 15 is 0 Å². The number of carbonyl (C=O) groups is 1. The highest BCUT2D eigenvalue weighted by atomic mass is 16.6. The molecular formula is C12H15NO2. The van der Waals surface area contributed by atoms with Crippen molar-refractivity contribution in [3.63, 3.8) is 0 Å². The molecule has 1 aliphatic heterocycles. The van der Waals surface area contributed by atoms with E-state index in [1.165, 1.54) is 0 Å². The van der Waals surface area contributed by atoms with E-state index in [9.17, 15) is 4.79 Å². The van der Waals surface area contributed by atoms with Crippen molar-refractivity contribution in [2.24, 2.45) is 0 Å². The Morgan fingerprint density at radius 3 is 2.53 bits per heavy atom. The Morgan fingerprint density at radius 2 is 2.07 bits per heavy atom. The molecule has 1 saturated heterocycles. The lowest BCUT2D eigenvalue weighted by Gasteiger charge is -2.10. The van der Waals surface area contributed by atoms with E-state index in [2.05, 4.69) is 5.32 Å². The molecule has 0 spiro atoms. The molecule has 0 aromatic heterocycles. The zero-order valence-electron chi connectivity index (χ0n) is 8.99. The van der Waals surface area contributed by atoms with E-state index in [0.717, 1.165) is 5.69 Å². The second kappa shape index (κ2) is 3.66. The molecule has 2 atom stereocenters. The molecule has 1 aromatic rings. The fourth-order valence-corrected chi connectivity index (χ4v) is 1.81. The van der Waals surface area contributed by atoms with Gasteiger partial charge in [0.05, 0.1) is 6.10 Å². The topological polar surface area (TPSA) is 41.6 Å². The number of ether oxygens (including phenoxy) is 1. The summed E-state index contributed by atoms with van der Waals surface area (Å²) in [6.45, 7) is 3.89. The van der Waals surface area contributed by atoms with Gasteiger partial charge in [0.25, 0.3) is 5.91 Å². The first-order chi connectivity index (χ1) is 7.19. The number of nitrogens with one attached hydrogen (secondary N) is 1. The monoisotopic (exact) mass is 205 g/mol. The van der Waals surface area contributed by atoms with Gasteiger partial charge in [-0.25, -0.2) is 0 Å². The number of carbonyl (C=O) groups excluding carboxylic acids is 1. The fourth-order valence-electron chi connectivity index (χ4n) is 1.81. The first-order valence-corrected chi connectivity index (χ1v) is 5.23. The van der Waals surface area contributed by atoms with Gasteiger partial charge in [-0.3, -0.25) is 4.79 Å². The standard InChI is InChI=1S/C12H15NO2/c1-3-12(9(2)15-12)11(14)13-10-7-5-4-6-8-10/h4-9H,3H2,1-2H3,(H,13,14)/t9-,12+/m0/s1. The summed E-state index contributed by atoms with van der Waals surface area (Å²) in [5.41, 5.74) is 0.230. The number of amides is 1. The minimum Gasteiger partial charge on any atom is -0.356 e. The molecule has 1 fully saturated rings. The summed E-state index contributed by atoms with van der Waals surface area (Å²) in [6, 6.07) is 9.45. The minimum atomic E-state index is -0.587. The molecule has 1 amide bonds. The van der Waals surface area contributed by atoms with Gasteiger partial charge >= 0.3 is 0 Å². The van der Waals surface area contributed by atoms with Gasteiger partial charge in [0.2, 0.25) is 0 Å². The average molecular weight is 205 g/mol. The van der Waals surface area contributed by atoms with Gasteiger partial charge in [-0.1, -0.05) is 25.1 Å². The highest BCUT2D eigenvalue weighted by Gasteiger charge is 2.58. The number of rotatable bonds is 3. The zero-order chi connectivity index (χ0) is 10.9. The number of para-hydroxylation sites is 1. The maximum atomic E-state index is 11.9. The predicted octanol–water partition coefficient (Wildman–Crippen LogP) is 2.19. The molecule has 0 unspecified atom stereocenters. The molecule has 3 heteroatoms. The van der Waals surface area contributed by atoms with Crippen LogP contribution in [0.25, 0.3) is 0 Å². The van der Waals surface area contributed by atoms with Crippen LogP contribution >= 0.6 is 0 Å². The molecule has 3 nitrogen and oxygen atoms in total. The molecule has 0 aliphatic carbocycles. The molecule has 0 bridgehead atoms. The van der Waals surface area contributed by atoms with Crippen molar-refractivity contribution in [2.45, 2.75) is 32.0 Å². The maximum absolute atomic E-state index is 11.9. The summed E-state index contributed by atoms with van der Waals surface area (Å²) < 4.78 is 5.38. The highest BCUT2D eigenvalue weighted by Crippen LogP contribution is 2.40. The van der Waals surface area contributed by atoms with Crippen molar-refractivity contribution in [2.75, 3.05) is 5.32 Å². The molecule has 1 aromatic carbocycles. The molecule has 1 N–H and O–H groups in total. The Balaban J connectivity index is 2.05. The van der Waals surface area contributed by atoms with Gasteiger partial charge in [-0.05, 0) is 25.5 Å². The third-order valence-electron chi connectivity index (χ3n) is 2.93. The lowest BCUT2D eigenvalue weighted by molar-refractivity contribution is -0.121. The van der Waals surface area contributed by atoms with E-state index < -0.39 is 5.60 Å². The summed E-state index contributed by atoms with van der Waals surface area (Å²) in [5.74, 6) is -0.0382. The molecule has 15 heavy (non-hydrogen) atoms. The van der Waals surface area contributed by atoms with Gasteiger partial charge in [-0.15, -0.1) is 0 Å². The molecule has 0 saturated carbocycles.